The third kappa shape index (κ3) is 10.7. The van der Waals surface area contributed by atoms with Crippen molar-refractivity contribution >= 4 is 8.07 Å². The molecule has 0 radical (unpaired) electrons. The van der Waals surface area contributed by atoms with E-state index < -0.39 is 8.07 Å². The molecule has 0 unspecified atom stereocenters. The molecule has 0 aromatic rings. The van der Waals surface area contributed by atoms with Crippen molar-refractivity contribution in [3.8, 4) is 0 Å². The maximum absolute atomic E-state index is 3.69. The first kappa shape index (κ1) is 10.5. The van der Waals surface area contributed by atoms with Gasteiger partial charge < -0.3 is 0 Å². The SMILES string of the molecule is C=C[Si](C)(C)C.[Cu+]. The first-order valence-corrected chi connectivity index (χ1v) is 5.77. The van der Waals surface area contributed by atoms with Crippen LogP contribution in [0.2, 0.25) is 19.6 Å². The van der Waals surface area contributed by atoms with E-state index in [2.05, 4.69) is 31.9 Å². The summed E-state index contributed by atoms with van der Waals surface area (Å²) in [6, 6.07) is 0. The average Bonchev–Trinajstić information content (AvgIpc) is 1.35. The summed E-state index contributed by atoms with van der Waals surface area (Å²) in [4.78, 5) is 0. The summed E-state index contributed by atoms with van der Waals surface area (Å²) in [5.41, 5.74) is 2.08. The van der Waals surface area contributed by atoms with E-state index in [-0.39, 0.29) is 17.1 Å². The van der Waals surface area contributed by atoms with E-state index in [0.717, 1.165) is 0 Å². The third-order valence-corrected chi connectivity index (χ3v) is 1.84. The zero-order valence-corrected chi connectivity index (χ0v) is 7.03. The number of rotatable bonds is 1. The summed E-state index contributed by atoms with van der Waals surface area (Å²) >= 11 is 0. The second kappa shape index (κ2) is 3.47. The van der Waals surface area contributed by atoms with Gasteiger partial charge in [0.15, 0.2) is 0 Å². The quantitative estimate of drug-likeness (QED) is 0.520. The van der Waals surface area contributed by atoms with Crippen molar-refractivity contribution < 1.29 is 17.1 Å². The Bertz CT molecular complexity index is 53.6. The number of hydrogen-bond donors (Lipinski definition) is 0. The van der Waals surface area contributed by atoms with Crippen LogP contribution in [0.3, 0.4) is 0 Å². The molecule has 0 aliphatic carbocycles. The molecule has 2 heteroatoms. The Hall–Kier alpha value is 0.476. The normalized spacial score (nSPS) is 9.57. The van der Waals surface area contributed by atoms with Crippen LogP contribution in [0, 0.1) is 0 Å². The van der Waals surface area contributed by atoms with Gasteiger partial charge in [-0.2, -0.15) is 0 Å². The van der Waals surface area contributed by atoms with Gasteiger partial charge in [-0.15, -0.1) is 12.3 Å². The van der Waals surface area contributed by atoms with Crippen LogP contribution in [0.5, 0.6) is 0 Å². The molecule has 0 saturated heterocycles. The molecule has 0 aliphatic rings. The third-order valence-electron chi connectivity index (χ3n) is 0.612. The van der Waals surface area contributed by atoms with Gasteiger partial charge in [0.25, 0.3) is 0 Å². The van der Waals surface area contributed by atoms with E-state index in [1.807, 2.05) is 0 Å². The van der Waals surface area contributed by atoms with Crippen molar-refractivity contribution in [1.82, 2.24) is 0 Å². The molecule has 0 nitrogen and oxygen atoms in total. The molecular formula is C5H12CuSi+. The zero-order valence-electron chi connectivity index (χ0n) is 5.09. The van der Waals surface area contributed by atoms with Gasteiger partial charge in [0.2, 0.25) is 0 Å². The Kier molecular flexibility index (Phi) is 5.19. The van der Waals surface area contributed by atoms with E-state index in [0.29, 0.717) is 0 Å². The minimum atomic E-state index is -0.867. The zero-order chi connectivity index (χ0) is 5.21. The molecule has 0 aromatic carbocycles. The fourth-order valence-corrected chi connectivity index (χ4v) is 0. The monoisotopic (exact) mass is 163 g/mol. The Morgan fingerprint density at radius 3 is 1.43 bits per heavy atom. The van der Waals surface area contributed by atoms with E-state index in [9.17, 15) is 0 Å². The molecule has 0 aromatic heterocycles. The van der Waals surface area contributed by atoms with Gasteiger partial charge in [0.05, 0.1) is 8.07 Å². The molecule has 0 spiro atoms. The number of hydrogen-bond acceptors (Lipinski definition) is 0. The predicted molar refractivity (Wildman–Crippen MR) is 33.5 cm³/mol. The summed E-state index contributed by atoms with van der Waals surface area (Å²) in [7, 11) is -0.867. The fraction of sp³-hybridized carbons (Fsp3) is 0.600. The molecule has 46 valence electrons. The molecular weight excluding hydrogens is 152 g/mol. The van der Waals surface area contributed by atoms with Crippen molar-refractivity contribution in [2.75, 3.05) is 0 Å². The van der Waals surface area contributed by atoms with Gasteiger partial charge in [-0.05, 0) is 0 Å². The van der Waals surface area contributed by atoms with E-state index >= 15 is 0 Å². The van der Waals surface area contributed by atoms with Gasteiger partial charge in [-0.1, -0.05) is 19.6 Å². The molecule has 0 bridgehead atoms. The first-order valence-electron chi connectivity index (χ1n) is 2.20. The molecule has 0 saturated carbocycles. The first-order chi connectivity index (χ1) is 2.56. The summed E-state index contributed by atoms with van der Waals surface area (Å²) in [6.45, 7) is 10.5. The Labute approximate surface area is 57.5 Å². The summed E-state index contributed by atoms with van der Waals surface area (Å²) in [5, 5.41) is 0. The summed E-state index contributed by atoms with van der Waals surface area (Å²) < 4.78 is 0. The van der Waals surface area contributed by atoms with Gasteiger partial charge in [0.1, 0.15) is 0 Å². The molecule has 0 N–H and O–H groups in total. The van der Waals surface area contributed by atoms with Crippen LogP contribution in [0.4, 0.5) is 0 Å². The molecule has 0 aliphatic heterocycles. The van der Waals surface area contributed by atoms with Crippen molar-refractivity contribution in [3.05, 3.63) is 12.3 Å². The van der Waals surface area contributed by atoms with E-state index in [4.69, 9.17) is 0 Å². The van der Waals surface area contributed by atoms with Crippen LogP contribution >= 0.6 is 0 Å². The molecule has 7 heavy (non-hydrogen) atoms. The summed E-state index contributed by atoms with van der Waals surface area (Å²) in [6.07, 6.45) is 0. The standard InChI is InChI=1S/C5H12Si.Cu/c1-5-6(2,3)4;/h5H,1H2,2-4H3;/q;+1. The molecule has 0 fully saturated rings. The fourth-order valence-electron chi connectivity index (χ4n) is 0. The Balaban J connectivity index is 0. The van der Waals surface area contributed by atoms with E-state index in [1.54, 1.807) is 0 Å². The maximum Gasteiger partial charge on any atom is 1.00 e. The van der Waals surface area contributed by atoms with Crippen LogP contribution < -0.4 is 0 Å². The minimum absolute atomic E-state index is 0. The Morgan fingerprint density at radius 2 is 1.43 bits per heavy atom. The van der Waals surface area contributed by atoms with Crippen LogP contribution in [-0.4, -0.2) is 8.07 Å². The minimum Gasteiger partial charge on any atom is -0.107 e. The molecule has 0 rings (SSSR count). The van der Waals surface area contributed by atoms with Crippen LogP contribution in [0.15, 0.2) is 12.3 Å². The Morgan fingerprint density at radius 1 is 1.29 bits per heavy atom. The molecule has 0 heterocycles. The van der Waals surface area contributed by atoms with Gasteiger partial charge in [-0.3, -0.25) is 0 Å². The van der Waals surface area contributed by atoms with Crippen LogP contribution in [-0.2, 0) is 17.1 Å². The van der Waals surface area contributed by atoms with Crippen molar-refractivity contribution in [2.24, 2.45) is 0 Å². The van der Waals surface area contributed by atoms with Crippen molar-refractivity contribution in [2.45, 2.75) is 19.6 Å². The van der Waals surface area contributed by atoms with Crippen LogP contribution in [0.1, 0.15) is 0 Å². The second-order valence-corrected chi connectivity index (χ2v) is 7.71. The largest absolute Gasteiger partial charge is 1.00 e. The second-order valence-electron chi connectivity index (χ2n) is 2.57. The van der Waals surface area contributed by atoms with Gasteiger partial charge in [-0.25, -0.2) is 0 Å². The summed E-state index contributed by atoms with van der Waals surface area (Å²) in [5.74, 6) is 0. The smallest absolute Gasteiger partial charge is 0.107 e. The topological polar surface area (TPSA) is 0 Å². The van der Waals surface area contributed by atoms with Crippen molar-refractivity contribution in [1.29, 1.82) is 0 Å². The van der Waals surface area contributed by atoms with E-state index in [1.165, 1.54) is 0 Å². The van der Waals surface area contributed by atoms with Gasteiger partial charge in [0, 0.05) is 0 Å². The average molecular weight is 164 g/mol. The predicted octanol–water partition coefficient (Wildman–Crippen LogP) is 2.05. The van der Waals surface area contributed by atoms with Gasteiger partial charge >= 0.3 is 17.1 Å². The molecule has 0 amide bonds. The molecule has 0 atom stereocenters. The van der Waals surface area contributed by atoms with Crippen LogP contribution in [0.25, 0.3) is 0 Å². The van der Waals surface area contributed by atoms with Crippen molar-refractivity contribution in [3.63, 3.8) is 0 Å². The maximum atomic E-state index is 3.69.